The van der Waals surface area contributed by atoms with E-state index in [0.717, 1.165) is 12.3 Å². The van der Waals surface area contributed by atoms with Crippen molar-refractivity contribution in [2.75, 3.05) is 36.4 Å². The fourth-order valence-corrected chi connectivity index (χ4v) is 3.51. The fraction of sp³-hybridized carbons (Fsp3) is 0.353. The Morgan fingerprint density at radius 2 is 1.89 bits per heavy atom. The lowest BCUT2D eigenvalue weighted by Gasteiger charge is -2.25. The normalized spacial score (nSPS) is 15.3. The van der Waals surface area contributed by atoms with E-state index in [-0.39, 0.29) is 5.95 Å². The van der Waals surface area contributed by atoms with Crippen LogP contribution in [-0.2, 0) is 6.18 Å². The third-order valence-corrected chi connectivity index (χ3v) is 5.08. The van der Waals surface area contributed by atoms with Gasteiger partial charge in [0.15, 0.2) is 5.11 Å². The van der Waals surface area contributed by atoms with Gasteiger partial charge < -0.3 is 15.1 Å². The van der Waals surface area contributed by atoms with Gasteiger partial charge in [0, 0.05) is 37.4 Å². The van der Waals surface area contributed by atoms with Gasteiger partial charge in [0.1, 0.15) is 5.69 Å². The summed E-state index contributed by atoms with van der Waals surface area (Å²) in [5, 5.41) is 4.54. The Morgan fingerprint density at radius 1 is 1.11 bits per heavy atom. The first-order chi connectivity index (χ1) is 13.2. The quantitative estimate of drug-likeness (QED) is 0.669. The molecule has 1 fully saturated rings. The average Bonchev–Trinajstić information content (AvgIpc) is 2.90. The molecule has 0 saturated carbocycles. The molecule has 1 aliphatic rings. The minimum absolute atomic E-state index is 0.0660. The lowest BCUT2D eigenvalue weighted by molar-refractivity contribution is -0.141. The molecule has 2 aromatic rings. The Hall–Kier alpha value is -1.84. The highest BCUT2D eigenvalue weighted by Gasteiger charge is 2.33. The molecule has 1 aromatic heterocycles. The standard InChI is InChI=1S/C17H16Cl2F3N5S/c18-11-2-3-13(12(19)10-11)24-16(28)27-7-1-6-26(8-9-27)15-23-5-4-14(25-15)17(20,21)22/h2-5,10H,1,6-9H2,(H,24,28). The van der Waals surface area contributed by atoms with E-state index in [9.17, 15) is 13.2 Å². The summed E-state index contributed by atoms with van der Waals surface area (Å²) in [5.74, 6) is 0.0660. The number of hydrogen-bond donors (Lipinski definition) is 1. The van der Waals surface area contributed by atoms with E-state index in [1.54, 1.807) is 23.1 Å². The highest BCUT2D eigenvalue weighted by Crippen LogP contribution is 2.28. The van der Waals surface area contributed by atoms with E-state index in [2.05, 4.69) is 15.3 Å². The molecule has 0 radical (unpaired) electrons. The van der Waals surface area contributed by atoms with Gasteiger partial charge in [0.05, 0.1) is 10.7 Å². The number of nitrogens with one attached hydrogen (secondary N) is 1. The fourth-order valence-electron chi connectivity index (χ4n) is 2.76. The van der Waals surface area contributed by atoms with Crippen LogP contribution in [0.4, 0.5) is 24.8 Å². The lowest BCUT2D eigenvalue weighted by atomic mass is 10.3. The number of aromatic nitrogens is 2. The molecular weight excluding hydrogens is 434 g/mol. The Bertz CT molecular complexity index is 865. The number of anilines is 2. The summed E-state index contributed by atoms with van der Waals surface area (Å²) in [5.41, 5.74) is -0.313. The third-order valence-electron chi connectivity index (χ3n) is 4.17. The van der Waals surface area contributed by atoms with Crippen molar-refractivity contribution in [3.05, 3.63) is 46.2 Å². The highest BCUT2D eigenvalue weighted by atomic mass is 35.5. The van der Waals surface area contributed by atoms with E-state index >= 15 is 0 Å². The Morgan fingerprint density at radius 3 is 2.61 bits per heavy atom. The number of hydrogen-bond acceptors (Lipinski definition) is 4. The van der Waals surface area contributed by atoms with Gasteiger partial charge in [-0.1, -0.05) is 23.2 Å². The molecule has 0 unspecified atom stereocenters. The van der Waals surface area contributed by atoms with Crippen LogP contribution in [0, 0.1) is 0 Å². The zero-order valence-electron chi connectivity index (χ0n) is 14.5. The molecule has 1 aromatic carbocycles. The molecule has 28 heavy (non-hydrogen) atoms. The lowest BCUT2D eigenvalue weighted by Crippen LogP contribution is -2.38. The molecule has 1 saturated heterocycles. The summed E-state index contributed by atoms with van der Waals surface area (Å²) in [6, 6.07) is 5.91. The average molecular weight is 450 g/mol. The maximum atomic E-state index is 12.9. The van der Waals surface area contributed by atoms with Crippen LogP contribution in [0.15, 0.2) is 30.5 Å². The van der Waals surface area contributed by atoms with Crippen LogP contribution in [0.25, 0.3) is 0 Å². The number of halogens is 5. The highest BCUT2D eigenvalue weighted by molar-refractivity contribution is 7.80. The zero-order chi connectivity index (χ0) is 20.3. The molecule has 5 nitrogen and oxygen atoms in total. The van der Waals surface area contributed by atoms with Gasteiger partial charge in [-0.25, -0.2) is 9.97 Å². The molecule has 1 N–H and O–H groups in total. The predicted octanol–water partition coefficient (Wildman–Crippen LogP) is 4.71. The molecule has 150 valence electrons. The summed E-state index contributed by atoms with van der Waals surface area (Å²) in [6.45, 7) is 2.13. The van der Waals surface area contributed by atoms with E-state index in [4.69, 9.17) is 35.4 Å². The summed E-state index contributed by atoms with van der Waals surface area (Å²) >= 11 is 17.5. The van der Waals surface area contributed by atoms with Crippen LogP contribution in [0.5, 0.6) is 0 Å². The predicted molar refractivity (Wildman–Crippen MR) is 108 cm³/mol. The first-order valence-electron chi connectivity index (χ1n) is 8.40. The second kappa shape index (κ2) is 8.67. The second-order valence-corrected chi connectivity index (χ2v) is 7.35. The number of benzene rings is 1. The van der Waals surface area contributed by atoms with Gasteiger partial charge in [0.25, 0.3) is 0 Å². The van der Waals surface area contributed by atoms with Crippen molar-refractivity contribution in [1.29, 1.82) is 0 Å². The maximum absolute atomic E-state index is 12.9. The van der Waals surface area contributed by atoms with Crippen LogP contribution in [0.3, 0.4) is 0 Å². The monoisotopic (exact) mass is 449 g/mol. The summed E-state index contributed by atoms with van der Waals surface area (Å²) < 4.78 is 38.7. The zero-order valence-corrected chi connectivity index (χ0v) is 16.8. The molecule has 11 heteroatoms. The molecule has 0 spiro atoms. The topological polar surface area (TPSA) is 44.3 Å². The molecule has 0 bridgehead atoms. The molecular formula is C17H16Cl2F3N5S. The smallest absolute Gasteiger partial charge is 0.347 e. The molecule has 1 aliphatic heterocycles. The summed E-state index contributed by atoms with van der Waals surface area (Å²) in [7, 11) is 0. The van der Waals surface area contributed by atoms with Crippen LogP contribution in [0.2, 0.25) is 10.0 Å². The number of alkyl halides is 3. The van der Waals surface area contributed by atoms with Gasteiger partial charge in [-0.15, -0.1) is 0 Å². The minimum atomic E-state index is -4.50. The van der Waals surface area contributed by atoms with Gasteiger partial charge >= 0.3 is 6.18 Å². The van der Waals surface area contributed by atoms with Gasteiger partial charge in [-0.2, -0.15) is 13.2 Å². The Labute approximate surface area is 175 Å². The number of nitrogens with zero attached hydrogens (tertiary/aromatic N) is 4. The van der Waals surface area contributed by atoms with Crippen LogP contribution >= 0.6 is 35.4 Å². The van der Waals surface area contributed by atoms with E-state index in [1.165, 1.54) is 0 Å². The molecule has 0 aliphatic carbocycles. The van der Waals surface area contributed by atoms with Crippen molar-refractivity contribution in [2.45, 2.75) is 12.6 Å². The van der Waals surface area contributed by atoms with Crippen molar-refractivity contribution in [3.8, 4) is 0 Å². The summed E-state index contributed by atoms with van der Waals surface area (Å²) in [4.78, 5) is 11.3. The minimum Gasteiger partial charge on any atom is -0.347 e. The molecule has 0 amide bonds. The van der Waals surface area contributed by atoms with Crippen LogP contribution < -0.4 is 10.2 Å². The van der Waals surface area contributed by atoms with Crippen molar-refractivity contribution in [3.63, 3.8) is 0 Å². The Kier molecular flexibility index (Phi) is 6.47. The van der Waals surface area contributed by atoms with Gasteiger partial charge in [-0.05, 0) is 42.9 Å². The third kappa shape index (κ3) is 5.15. The SMILES string of the molecule is FC(F)(F)c1ccnc(N2CCCN(C(=S)Nc3ccc(Cl)cc3Cl)CC2)n1. The Balaban J connectivity index is 1.65. The molecule has 3 rings (SSSR count). The van der Waals surface area contributed by atoms with Crippen molar-refractivity contribution < 1.29 is 13.2 Å². The van der Waals surface area contributed by atoms with Gasteiger partial charge in [0.2, 0.25) is 5.95 Å². The first kappa shape index (κ1) is 20.9. The maximum Gasteiger partial charge on any atom is 0.433 e. The summed E-state index contributed by atoms with van der Waals surface area (Å²) in [6.07, 6.45) is -2.68. The molecule has 2 heterocycles. The van der Waals surface area contributed by atoms with E-state index in [1.807, 2.05) is 4.90 Å². The second-order valence-electron chi connectivity index (χ2n) is 6.12. The largest absolute Gasteiger partial charge is 0.433 e. The number of thiocarbonyl (C=S) groups is 1. The van der Waals surface area contributed by atoms with E-state index < -0.39 is 11.9 Å². The van der Waals surface area contributed by atoms with Crippen LogP contribution in [-0.4, -0.2) is 46.2 Å². The first-order valence-corrected chi connectivity index (χ1v) is 9.56. The van der Waals surface area contributed by atoms with Crippen LogP contribution in [0.1, 0.15) is 12.1 Å². The number of rotatable bonds is 2. The molecule has 0 atom stereocenters. The van der Waals surface area contributed by atoms with Gasteiger partial charge in [-0.3, -0.25) is 0 Å². The van der Waals surface area contributed by atoms with E-state index in [0.29, 0.717) is 53.4 Å². The van der Waals surface area contributed by atoms with Crippen molar-refractivity contribution in [1.82, 2.24) is 14.9 Å². The van der Waals surface area contributed by atoms with Crippen molar-refractivity contribution in [2.24, 2.45) is 0 Å². The van der Waals surface area contributed by atoms with Crippen molar-refractivity contribution >= 4 is 52.2 Å².